The van der Waals surface area contributed by atoms with Crippen molar-refractivity contribution in [3.05, 3.63) is 21.2 Å². The molecule has 0 saturated heterocycles. The highest BCUT2D eigenvalue weighted by Gasteiger charge is 1.99. The largest absolute Gasteiger partial charge is 0.481 e. The van der Waals surface area contributed by atoms with Crippen molar-refractivity contribution in [1.82, 2.24) is 4.57 Å². The smallest absolute Gasteiger partial charge is 0.307 e. The predicted octanol–water partition coefficient (Wildman–Crippen LogP) is 0.775. The summed E-state index contributed by atoms with van der Waals surface area (Å²) in [4.78, 5) is 21.0. The Morgan fingerprint density at radius 1 is 1.67 bits per heavy atom. The van der Waals surface area contributed by atoms with Crippen molar-refractivity contribution in [2.75, 3.05) is 0 Å². The van der Waals surface area contributed by atoms with E-state index < -0.39 is 5.97 Å². The average Bonchev–Trinajstić information content (AvgIpc) is 2.36. The van der Waals surface area contributed by atoms with Crippen LogP contribution in [0.5, 0.6) is 0 Å². The second kappa shape index (κ2) is 4.06. The number of hydrogen-bond acceptors (Lipinski definition) is 3. The molecule has 12 heavy (non-hydrogen) atoms. The Bertz CT molecular complexity index is 314. The summed E-state index contributed by atoms with van der Waals surface area (Å²) in [5, 5.41) is 10.0. The monoisotopic (exact) mass is 187 g/mol. The van der Waals surface area contributed by atoms with Gasteiger partial charge in [-0.15, -0.1) is 0 Å². The molecule has 0 aliphatic heterocycles. The van der Waals surface area contributed by atoms with Gasteiger partial charge in [-0.1, -0.05) is 11.3 Å². The molecule has 66 valence electrons. The van der Waals surface area contributed by atoms with E-state index in [0.717, 1.165) is 11.3 Å². The van der Waals surface area contributed by atoms with E-state index in [1.165, 1.54) is 4.57 Å². The Morgan fingerprint density at radius 3 is 2.92 bits per heavy atom. The molecule has 0 aliphatic carbocycles. The van der Waals surface area contributed by atoms with Gasteiger partial charge in [0.25, 0.3) is 0 Å². The van der Waals surface area contributed by atoms with E-state index in [2.05, 4.69) is 0 Å². The van der Waals surface area contributed by atoms with Gasteiger partial charge in [0.05, 0.1) is 0 Å². The molecule has 0 bridgehead atoms. The van der Waals surface area contributed by atoms with Crippen LogP contribution in [-0.4, -0.2) is 15.6 Å². The molecule has 4 nitrogen and oxygen atoms in total. The molecular formula is C7H9NO3S. The molecule has 0 aromatic carbocycles. The molecule has 5 heteroatoms. The number of nitrogens with zero attached hydrogens (tertiary/aromatic N) is 1. The molecule has 0 saturated carbocycles. The number of carboxylic acid groups (broad SMARTS) is 1. The molecule has 1 N–H and O–H groups in total. The maximum Gasteiger partial charge on any atom is 0.307 e. The number of carbonyl (C=O) groups is 1. The fourth-order valence-corrected chi connectivity index (χ4v) is 1.47. The van der Waals surface area contributed by atoms with Crippen LogP contribution in [0.1, 0.15) is 12.8 Å². The molecule has 0 aliphatic rings. The average molecular weight is 187 g/mol. The maximum atomic E-state index is 10.9. The summed E-state index contributed by atoms with van der Waals surface area (Å²) in [6.45, 7) is 0.495. The Labute approximate surface area is 73.1 Å². The molecule has 0 unspecified atom stereocenters. The van der Waals surface area contributed by atoms with E-state index >= 15 is 0 Å². The third kappa shape index (κ3) is 2.50. The van der Waals surface area contributed by atoms with Crippen molar-refractivity contribution in [3.63, 3.8) is 0 Å². The lowest BCUT2D eigenvalue weighted by atomic mass is 10.3. The van der Waals surface area contributed by atoms with Crippen LogP contribution in [-0.2, 0) is 11.3 Å². The van der Waals surface area contributed by atoms with Crippen LogP contribution in [0.25, 0.3) is 0 Å². The Morgan fingerprint density at radius 2 is 2.42 bits per heavy atom. The van der Waals surface area contributed by atoms with E-state index in [1.807, 2.05) is 0 Å². The van der Waals surface area contributed by atoms with Gasteiger partial charge in [-0.25, -0.2) is 0 Å². The maximum absolute atomic E-state index is 10.9. The van der Waals surface area contributed by atoms with Crippen LogP contribution in [0.2, 0.25) is 0 Å². The number of hydrogen-bond donors (Lipinski definition) is 1. The zero-order chi connectivity index (χ0) is 8.97. The number of rotatable bonds is 4. The predicted molar refractivity (Wildman–Crippen MR) is 45.4 cm³/mol. The van der Waals surface area contributed by atoms with E-state index in [4.69, 9.17) is 5.11 Å². The van der Waals surface area contributed by atoms with Crippen LogP contribution < -0.4 is 4.87 Å². The molecular weight excluding hydrogens is 178 g/mol. The number of thiazole rings is 1. The zero-order valence-electron chi connectivity index (χ0n) is 6.40. The molecule has 0 spiro atoms. The quantitative estimate of drug-likeness (QED) is 0.757. The van der Waals surface area contributed by atoms with E-state index in [0.29, 0.717) is 13.0 Å². The number of aromatic nitrogens is 1. The number of carboxylic acids is 1. The van der Waals surface area contributed by atoms with Gasteiger partial charge in [-0.3, -0.25) is 9.59 Å². The van der Waals surface area contributed by atoms with Gasteiger partial charge in [-0.2, -0.15) is 0 Å². The summed E-state index contributed by atoms with van der Waals surface area (Å²) < 4.78 is 1.52. The van der Waals surface area contributed by atoms with E-state index in [1.54, 1.807) is 11.6 Å². The van der Waals surface area contributed by atoms with Crippen molar-refractivity contribution in [1.29, 1.82) is 0 Å². The van der Waals surface area contributed by atoms with Gasteiger partial charge in [0.2, 0.25) is 0 Å². The Kier molecular flexibility index (Phi) is 3.04. The van der Waals surface area contributed by atoms with Crippen molar-refractivity contribution in [2.24, 2.45) is 0 Å². The minimum Gasteiger partial charge on any atom is -0.481 e. The van der Waals surface area contributed by atoms with Crippen LogP contribution in [0.15, 0.2) is 16.4 Å². The molecule has 1 rings (SSSR count). The molecule has 0 amide bonds. The molecule has 1 aromatic heterocycles. The minimum absolute atomic E-state index is 0.0274. The van der Waals surface area contributed by atoms with Gasteiger partial charge in [-0.05, 0) is 6.42 Å². The highest BCUT2D eigenvalue weighted by Crippen LogP contribution is 1.95. The van der Waals surface area contributed by atoms with E-state index in [9.17, 15) is 9.59 Å². The first-order chi connectivity index (χ1) is 5.70. The minimum atomic E-state index is -0.821. The Hall–Kier alpha value is -1.10. The van der Waals surface area contributed by atoms with Gasteiger partial charge in [0, 0.05) is 24.5 Å². The summed E-state index contributed by atoms with van der Waals surface area (Å²) in [7, 11) is 0. The first-order valence-electron chi connectivity index (χ1n) is 3.56. The van der Waals surface area contributed by atoms with Crippen molar-refractivity contribution < 1.29 is 9.90 Å². The molecule has 1 heterocycles. The van der Waals surface area contributed by atoms with Crippen LogP contribution in [0, 0.1) is 0 Å². The lowest BCUT2D eigenvalue weighted by Crippen LogP contribution is -2.12. The van der Waals surface area contributed by atoms with Gasteiger partial charge in [0.15, 0.2) is 0 Å². The summed E-state index contributed by atoms with van der Waals surface area (Å²) >= 11 is 1.12. The SMILES string of the molecule is O=C(O)CCCn1ccsc1=O. The summed E-state index contributed by atoms with van der Waals surface area (Å²) in [6, 6.07) is 0. The zero-order valence-corrected chi connectivity index (χ0v) is 7.21. The second-order valence-corrected chi connectivity index (χ2v) is 3.22. The number of aryl methyl sites for hydroxylation is 1. The molecule has 1 aromatic rings. The van der Waals surface area contributed by atoms with Crippen molar-refractivity contribution in [3.8, 4) is 0 Å². The topological polar surface area (TPSA) is 59.3 Å². The Balaban J connectivity index is 2.39. The fraction of sp³-hybridized carbons (Fsp3) is 0.429. The van der Waals surface area contributed by atoms with Crippen LogP contribution in [0.3, 0.4) is 0 Å². The molecule has 0 radical (unpaired) electrons. The third-order valence-corrected chi connectivity index (χ3v) is 2.13. The lowest BCUT2D eigenvalue weighted by molar-refractivity contribution is -0.137. The summed E-state index contributed by atoms with van der Waals surface area (Å²) in [5.74, 6) is -0.821. The first-order valence-corrected chi connectivity index (χ1v) is 4.44. The first kappa shape index (κ1) is 8.99. The highest BCUT2D eigenvalue weighted by molar-refractivity contribution is 7.07. The van der Waals surface area contributed by atoms with Crippen LogP contribution >= 0.6 is 11.3 Å². The van der Waals surface area contributed by atoms with Crippen LogP contribution in [0.4, 0.5) is 0 Å². The van der Waals surface area contributed by atoms with E-state index in [-0.39, 0.29) is 11.3 Å². The van der Waals surface area contributed by atoms with Gasteiger partial charge in [0.1, 0.15) is 0 Å². The third-order valence-electron chi connectivity index (χ3n) is 1.43. The summed E-state index contributed by atoms with van der Waals surface area (Å²) in [6.07, 6.45) is 2.29. The van der Waals surface area contributed by atoms with Crippen molar-refractivity contribution >= 4 is 17.3 Å². The highest BCUT2D eigenvalue weighted by atomic mass is 32.1. The fourth-order valence-electron chi connectivity index (χ4n) is 0.857. The second-order valence-electron chi connectivity index (χ2n) is 2.36. The lowest BCUT2D eigenvalue weighted by Gasteiger charge is -1.97. The summed E-state index contributed by atoms with van der Waals surface area (Å²) in [5.41, 5.74) is 0. The number of aliphatic carboxylic acids is 1. The normalized spacial score (nSPS) is 10.0. The van der Waals surface area contributed by atoms with Crippen molar-refractivity contribution in [2.45, 2.75) is 19.4 Å². The standard InChI is InChI=1S/C7H9NO3S/c9-6(10)2-1-3-8-4-5-12-7(8)11/h4-5H,1-3H2,(H,9,10). The molecule has 0 fully saturated rings. The van der Waals surface area contributed by atoms with Gasteiger partial charge < -0.3 is 9.67 Å². The van der Waals surface area contributed by atoms with Gasteiger partial charge >= 0.3 is 10.8 Å². The molecule has 0 atom stereocenters.